The van der Waals surface area contributed by atoms with Gasteiger partial charge in [-0.05, 0) is 92.3 Å². The van der Waals surface area contributed by atoms with Crippen molar-refractivity contribution >= 4 is 55.7 Å². The highest BCUT2D eigenvalue weighted by Gasteiger charge is 2.31. The molecule has 0 amide bonds. The summed E-state index contributed by atoms with van der Waals surface area (Å²) in [6.07, 6.45) is 0. The molecule has 46 heavy (non-hydrogen) atoms. The first kappa shape index (κ1) is 26.3. The quantitative estimate of drug-likeness (QED) is 0.202. The lowest BCUT2D eigenvalue weighted by atomic mass is 9.97. The molecule has 0 saturated heterocycles. The van der Waals surface area contributed by atoms with Gasteiger partial charge in [-0.2, -0.15) is 0 Å². The van der Waals surface area contributed by atoms with E-state index in [9.17, 15) is 0 Å². The van der Waals surface area contributed by atoms with Gasteiger partial charge in [-0.15, -0.1) is 0 Å². The maximum absolute atomic E-state index is 2.44. The molecule has 2 nitrogen and oxygen atoms in total. The third-order valence-electron chi connectivity index (χ3n) is 9.11. The molecule has 0 fully saturated rings. The van der Waals surface area contributed by atoms with Crippen LogP contribution in [0.5, 0.6) is 0 Å². The molecule has 0 atom stereocenters. The maximum atomic E-state index is 2.44. The number of benzene rings is 8. The first-order valence-corrected chi connectivity index (χ1v) is 15.8. The molecule has 0 radical (unpaired) electrons. The van der Waals surface area contributed by atoms with Crippen LogP contribution in [0.1, 0.15) is 0 Å². The van der Waals surface area contributed by atoms with Crippen molar-refractivity contribution in [3.63, 3.8) is 0 Å². The van der Waals surface area contributed by atoms with Crippen LogP contribution in [-0.4, -0.2) is 0 Å². The molecule has 1 aliphatic rings. The van der Waals surface area contributed by atoms with Crippen molar-refractivity contribution in [2.24, 2.45) is 0 Å². The average molecular weight is 587 g/mol. The van der Waals surface area contributed by atoms with E-state index < -0.39 is 0 Å². The monoisotopic (exact) mass is 586 g/mol. The summed E-state index contributed by atoms with van der Waals surface area (Å²) in [6, 6.07) is 65.9. The van der Waals surface area contributed by atoms with E-state index in [4.69, 9.17) is 0 Å². The second-order valence-electron chi connectivity index (χ2n) is 11.9. The van der Waals surface area contributed by atoms with Gasteiger partial charge in [0, 0.05) is 11.4 Å². The lowest BCUT2D eigenvalue weighted by molar-refractivity contribution is 1.18. The lowest BCUT2D eigenvalue weighted by Crippen LogP contribution is -2.24. The Morgan fingerprint density at radius 2 is 0.500 bits per heavy atom. The Kier molecular flexibility index (Phi) is 6.17. The molecule has 0 N–H and O–H groups in total. The number of fused-ring (bicyclic) bond motifs is 4. The number of nitrogens with zero attached hydrogens (tertiary/aromatic N) is 2. The van der Waals surface area contributed by atoms with Gasteiger partial charge in [0.2, 0.25) is 0 Å². The van der Waals surface area contributed by atoms with Crippen LogP contribution in [-0.2, 0) is 0 Å². The van der Waals surface area contributed by atoms with Crippen LogP contribution < -0.4 is 9.80 Å². The summed E-state index contributed by atoms with van der Waals surface area (Å²) >= 11 is 0. The zero-order chi connectivity index (χ0) is 30.5. The summed E-state index contributed by atoms with van der Waals surface area (Å²) in [5, 5.41) is 4.87. The van der Waals surface area contributed by atoms with Crippen LogP contribution in [0.3, 0.4) is 0 Å². The largest absolute Gasteiger partial charge is 0.306 e. The van der Waals surface area contributed by atoms with Crippen LogP contribution in [0.4, 0.5) is 34.1 Å². The van der Waals surface area contributed by atoms with Gasteiger partial charge in [0.25, 0.3) is 0 Å². The fourth-order valence-corrected chi connectivity index (χ4v) is 6.83. The molecule has 1 heterocycles. The fourth-order valence-electron chi connectivity index (χ4n) is 6.83. The zero-order valence-corrected chi connectivity index (χ0v) is 25.2. The smallest absolute Gasteiger partial charge is 0.0709 e. The molecule has 0 bridgehead atoms. The van der Waals surface area contributed by atoms with E-state index in [1.807, 2.05) is 0 Å². The molecule has 8 aromatic carbocycles. The van der Waals surface area contributed by atoms with E-state index in [1.165, 1.54) is 43.8 Å². The molecule has 0 aromatic heterocycles. The van der Waals surface area contributed by atoms with Crippen LogP contribution in [0, 0.1) is 0 Å². The first-order valence-electron chi connectivity index (χ1n) is 15.8. The van der Waals surface area contributed by atoms with Crippen molar-refractivity contribution in [1.82, 2.24) is 0 Å². The number of anilines is 6. The summed E-state index contributed by atoms with van der Waals surface area (Å²) in [4.78, 5) is 4.88. The van der Waals surface area contributed by atoms with Crippen LogP contribution in [0.2, 0.25) is 0 Å². The fraction of sp³-hybridized carbons (Fsp3) is 0. The van der Waals surface area contributed by atoms with Gasteiger partial charge >= 0.3 is 0 Å². The van der Waals surface area contributed by atoms with Crippen LogP contribution in [0.25, 0.3) is 43.8 Å². The highest BCUT2D eigenvalue weighted by molar-refractivity contribution is 6.09. The van der Waals surface area contributed by atoms with E-state index in [0.29, 0.717) is 0 Å². The van der Waals surface area contributed by atoms with Crippen molar-refractivity contribution in [1.29, 1.82) is 0 Å². The number of hydrogen-bond donors (Lipinski definition) is 0. The average Bonchev–Trinajstić information content (AvgIpc) is 3.13. The van der Waals surface area contributed by atoms with E-state index in [2.05, 4.69) is 192 Å². The Hall–Kier alpha value is -6.12. The second-order valence-corrected chi connectivity index (χ2v) is 11.9. The third kappa shape index (κ3) is 4.43. The molecule has 0 saturated carbocycles. The van der Waals surface area contributed by atoms with Crippen molar-refractivity contribution in [3.8, 4) is 22.3 Å². The predicted molar refractivity (Wildman–Crippen MR) is 195 cm³/mol. The van der Waals surface area contributed by atoms with Crippen LogP contribution >= 0.6 is 0 Å². The molecule has 216 valence electrons. The number of hydrogen-bond acceptors (Lipinski definition) is 2. The third-order valence-corrected chi connectivity index (χ3v) is 9.11. The normalized spacial score (nSPS) is 12.3. The second kappa shape index (κ2) is 10.8. The minimum Gasteiger partial charge on any atom is -0.306 e. The minimum atomic E-state index is 1.13. The first-order chi connectivity index (χ1) is 22.8. The van der Waals surface area contributed by atoms with Gasteiger partial charge < -0.3 is 9.80 Å². The molecular weight excluding hydrogens is 556 g/mol. The lowest BCUT2D eigenvalue weighted by Gasteiger charge is -2.41. The van der Waals surface area contributed by atoms with Gasteiger partial charge in [-0.3, -0.25) is 0 Å². The Labute approximate surface area is 269 Å². The predicted octanol–water partition coefficient (Wildman–Crippen LogP) is 12.6. The van der Waals surface area contributed by atoms with Gasteiger partial charge in [-0.1, -0.05) is 133 Å². The van der Waals surface area contributed by atoms with Crippen molar-refractivity contribution in [2.75, 3.05) is 9.80 Å². The van der Waals surface area contributed by atoms with E-state index in [1.54, 1.807) is 0 Å². The Bertz CT molecular complexity index is 2090. The summed E-state index contributed by atoms with van der Waals surface area (Å²) in [5.41, 5.74) is 11.7. The van der Waals surface area contributed by atoms with Crippen molar-refractivity contribution in [2.45, 2.75) is 0 Å². The maximum Gasteiger partial charge on any atom is 0.0709 e. The number of rotatable bonds is 4. The molecular formula is C44H30N2. The van der Waals surface area contributed by atoms with E-state index in [0.717, 1.165) is 34.1 Å². The molecule has 0 aliphatic carbocycles. The SMILES string of the molecule is c1ccc(-c2ccc(N3c4cc5ccccc5cc4N(c4ccc(-c5ccccc5)cc4)c4cc5ccccc5cc43)cc2)cc1. The molecule has 2 heteroatoms. The summed E-state index contributed by atoms with van der Waals surface area (Å²) < 4.78 is 0. The van der Waals surface area contributed by atoms with Gasteiger partial charge in [0.15, 0.2) is 0 Å². The minimum absolute atomic E-state index is 1.13. The molecule has 8 aromatic rings. The molecule has 0 spiro atoms. The highest BCUT2D eigenvalue weighted by atomic mass is 15.3. The zero-order valence-electron chi connectivity index (χ0n) is 25.2. The Morgan fingerprint density at radius 3 is 0.804 bits per heavy atom. The van der Waals surface area contributed by atoms with Gasteiger partial charge in [0.05, 0.1) is 22.7 Å². The highest BCUT2D eigenvalue weighted by Crippen LogP contribution is 2.56. The van der Waals surface area contributed by atoms with Gasteiger partial charge in [0.1, 0.15) is 0 Å². The van der Waals surface area contributed by atoms with E-state index in [-0.39, 0.29) is 0 Å². The summed E-state index contributed by atoms with van der Waals surface area (Å²) in [7, 11) is 0. The standard InChI is InChI=1S/C44H30N2/c1-3-11-31(12-4-1)33-19-23-39(24-20-33)45-41-27-35-15-7-9-17-37(35)29-43(41)46(44-30-38-18-10-8-16-36(38)28-42(44)45)40-25-21-34(22-26-40)32-13-5-2-6-14-32/h1-30H. The Balaban J connectivity index is 1.28. The summed E-state index contributed by atoms with van der Waals surface area (Å²) in [6.45, 7) is 0. The van der Waals surface area contributed by atoms with Crippen LogP contribution in [0.15, 0.2) is 182 Å². The summed E-state index contributed by atoms with van der Waals surface area (Å²) in [5.74, 6) is 0. The van der Waals surface area contributed by atoms with E-state index >= 15 is 0 Å². The topological polar surface area (TPSA) is 6.48 Å². The molecule has 9 rings (SSSR count). The molecule has 1 aliphatic heterocycles. The Morgan fingerprint density at radius 1 is 0.239 bits per heavy atom. The van der Waals surface area contributed by atoms with Crippen molar-refractivity contribution in [3.05, 3.63) is 182 Å². The van der Waals surface area contributed by atoms with Crippen molar-refractivity contribution < 1.29 is 0 Å². The van der Waals surface area contributed by atoms with Gasteiger partial charge in [-0.25, -0.2) is 0 Å². The molecule has 0 unspecified atom stereocenters.